The Morgan fingerprint density at radius 2 is 1.34 bits per heavy atom. The fourth-order valence-corrected chi connectivity index (χ4v) is 5.72. The molecule has 0 aliphatic rings. The van der Waals surface area contributed by atoms with E-state index in [2.05, 4.69) is 15.9 Å². The Bertz CT molecular complexity index is 1540. The van der Waals surface area contributed by atoms with Crippen LogP contribution in [-0.4, -0.2) is 23.3 Å². The number of hydrogen-bond acceptors (Lipinski definition) is 5. The zero-order valence-electron chi connectivity index (χ0n) is 18.3. The first-order chi connectivity index (χ1) is 16.4. The fourth-order valence-electron chi connectivity index (χ4n) is 3.36. The second-order valence-electron chi connectivity index (χ2n) is 7.78. The highest BCUT2D eigenvalue weighted by molar-refractivity contribution is 9.10. The van der Waals surface area contributed by atoms with E-state index in [4.69, 9.17) is 4.74 Å². The molecule has 180 valence electrons. The number of phenols is 1. The van der Waals surface area contributed by atoms with E-state index < -0.39 is 17.4 Å². The van der Waals surface area contributed by atoms with Crippen molar-refractivity contribution in [2.45, 2.75) is 16.7 Å². The first kappa shape index (κ1) is 25.2. The Hall–Kier alpha value is -2.94. The Labute approximate surface area is 210 Å². The third-order valence-corrected chi connectivity index (χ3v) is 8.64. The molecule has 0 radical (unpaired) electrons. The van der Waals surface area contributed by atoms with Crippen LogP contribution in [0, 0.1) is 6.92 Å². The van der Waals surface area contributed by atoms with Crippen LogP contribution in [0.2, 0.25) is 0 Å². The van der Waals surface area contributed by atoms with Crippen LogP contribution in [0.4, 0.5) is 0 Å². The van der Waals surface area contributed by atoms with Crippen LogP contribution in [0.3, 0.4) is 0 Å². The van der Waals surface area contributed by atoms with Crippen molar-refractivity contribution in [3.63, 3.8) is 0 Å². The molecule has 0 atom stereocenters. The van der Waals surface area contributed by atoms with Crippen LogP contribution in [-0.2, 0) is 14.4 Å². The molecule has 0 aliphatic heterocycles. The van der Waals surface area contributed by atoms with Gasteiger partial charge in [0, 0.05) is 0 Å². The van der Waals surface area contributed by atoms with Gasteiger partial charge in [0.05, 0.1) is 14.3 Å². The van der Waals surface area contributed by atoms with Gasteiger partial charge in [-0.15, -0.1) is 0 Å². The summed E-state index contributed by atoms with van der Waals surface area (Å²) in [7, 11) is -8.45. The van der Waals surface area contributed by atoms with E-state index in [9.17, 15) is 27.9 Å². The number of aromatic hydroxyl groups is 1. The van der Waals surface area contributed by atoms with Crippen molar-refractivity contribution in [3.05, 3.63) is 95.0 Å². The predicted octanol–water partition coefficient (Wildman–Crippen LogP) is 5.56. The molecule has 0 fully saturated rings. The first-order valence-electron chi connectivity index (χ1n) is 10.2. The van der Waals surface area contributed by atoms with Gasteiger partial charge in [0.1, 0.15) is 22.6 Å². The molecule has 0 saturated heterocycles. The van der Waals surface area contributed by atoms with Crippen molar-refractivity contribution in [2.75, 3.05) is 0 Å². The maximum absolute atomic E-state index is 12.9. The summed E-state index contributed by atoms with van der Waals surface area (Å²) in [6, 6.07) is 21.2. The molecule has 0 heterocycles. The van der Waals surface area contributed by atoms with E-state index >= 15 is 0 Å². The molecular formula is C25H20BrO7PS. The highest BCUT2D eigenvalue weighted by atomic mass is 79.9. The van der Waals surface area contributed by atoms with Gasteiger partial charge in [-0.3, -0.25) is 4.57 Å². The number of aryl methyl sites for hydroxylation is 1. The van der Waals surface area contributed by atoms with E-state index in [0.29, 0.717) is 15.6 Å². The molecule has 3 N–H and O–H groups in total. The monoisotopic (exact) mass is 574 g/mol. The standard InChI is InChI=1S/C25H20BrO7PS/c1-16-2-8-20(9-3-16)35(31,32)21-10-6-19(7-11-21)33-24-13-5-18(15-25(24)34(28,29)30)17-4-12-23(27)22(26)14-17/h2-15,27H,1H3,(H2,28,29,30). The molecule has 0 aliphatic carbocycles. The molecule has 0 aromatic heterocycles. The molecule has 10 heteroatoms. The number of hydrogen-bond donors (Lipinski definition) is 3. The maximum Gasteiger partial charge on any atom is 0.360 e. The second kappa shape index (κ2) is 9.60. The molecule has 4 rings (SSSR count). The highest BCUT2D eigenvalue weighted by Crippen LogP contribution is 2.41. The lowest BCUT2D eigenvalue weighted by Crippen LogP contribution is -2.08. The Morgan fingerprint density at radius 3 is 1.91 bits per heavy atom. The molecular weight excluding hydrogens is 555 g/mol. The molecule has 0 spiro atoms. The van der Waals surface area contributed by atoms with Crippen LogP contribution in [0.1, 0.15) is 5.56 Å². The van der Waals surface area contributed by atoms with Gasteiger partial charge >= 0.3 is 7.60 Å². The van der Waals surface area contributed by atoms with Crippen molar-refractivity contribution in [2.24, 2.45) is 0 Å². The third-order valence-electron chi connectivity index (χ3n) is 5.25. The topological polar surface area (TPSA) is 121 Å². The van der Waals surface area contributed by atoms with Crippen molar-refractivity contribution in [3.8, 4) is 28.4 Å². The lowest BCUT2D eigenvalue weighted by Gasteiger charge is -2.15. The van der Waals surface area contributed by atoms with E-state index in [1.165, 1.54) is 54.6 Å². The van der Waals surface area contributed by atoms with Gasteiger partial charge in [0.2, 0.25) is 9.84 Å². The Morgan fingerprint density at radius 1 is 0.800 bits per heavy atom. The smallest absolute Gasteiger partial charge is 0.360 e. The minimum Gasteiger partial charge on any atom is -0.507 e. The maximum atomic E-state index is 12.9. The third kappa shape index (κ3) is 5.50. The van der Waals surface area contributed by atoms with E-state index in [1.807, 2.05) is 6.92 Å². The largest absolute Gasteiger partial charge is 0.507 e. The summed E-state index contributed by atoms with van der Waals surface area (Å²) in [4.78, 5) is 20.1. The molecule has 0 saturated carbocycles. The zero-order valence-corrected chi connectivity index (χ0v) is 21.6. The second-order valence-corrected chi connectivity index (χ2v) is 12.2. The van der Waals surface area contributed by atoms with Crippen LogP contribution in [0.25, 0.3) is 11.1 Å². The van der Waals surface area contributed by atoms with Gasteiger partial charge in [0.15, 0.2) is 0 Å². The number of halogens is 1. The summed E-state index contributed by atoms with van der Waals surface area (Å²) < 4.78 is 44.1. The molecule has 0 bridgehead atoms. The number of rotatable bonds is 6. The molecule has 0 unspecified atom stereocenters. The summed E-state index contributed by atoms with van der Waals surface area (Å²) >= 11 is 3.23. The summed E-state index contributed by atoms with van der Waals surface area (Å²) in [6.07, 6.45) is 0. The van der Waals surface area contributed by atoms with Gasteiger partial charge in [-0.2, -0.15) is 0 Å². The summed E-state index contributed by atoms with van der Waals surface area (Å²) in [5, 5.41) is 9.38. The predicted molar refractivity (Wildman–Crippen MR) is 136 cm³/mol. The van der Waals surface area contributed by atoms with Crippen LogP contribution >= 0.6 is 23.5 Å². The molecule has 4 aromatic carbocycles. The van der Waals surface area contributed by atoms with E-state index in [-0.39, 0.29) is 32.3 Å². The van der Waals surface area contributed by atoms with Crippen molar-refractivity contribution >= 4 is 38.7 Å². The molecule has 35 heavy (non-hydrogen) atoms. The van der Waals surface area contributed by atoms with Crippen LogP contribution < -0.4 is 10.0 Å². The lowest BCUT2D eigenvalue weighted by atomic mass is 10.1. The quantitative estimate of drug-likeness (QED) is 0.258. The van der Waals surface area contributed by atoms with Gasteiger partial charge in [0.25, 0.3) is 0 Å². The minimum atomic E-state index is -4.72. The summed E-state index contributed by atoms with van der Waals surface area (Å²) in [5.74, 6) is 0.188. The molecule has 7 nitrogen and oxygen atoms in total. The zero-order chi connectivity index (χ0) is 25.4. The molecule has 0 amide bonds. The Kier molecular flexibility index (Phi) is 6.90. The van der Waals surface area contributed by atoms with Crippen molar-refractivity contribution in [1.82, 2.24) is 0 Å². The average Bonchev–Trinajstić information content (AvgIpc) is 2.81. The van der Waals surface area contributed by atoms with Crippen molar-refractivity contribution in [1.29, 1.82) is 0 Å². The summed E-state index contributed by atoms with van der Waals surface area (Å²) in [6.45, 7) is 1.87. The minimum absolute atomic E-state index is 0.0387. The van der Waals surface area contributed by atoms with Crippen LogP contribution in [0.15, 0.2) is 99.2 Å². The van der Waals surface area contributed by atoms with Crippen LogP contribution in [0.5, 0.6) is 17.2 Å². The average molecular weight is 575 g/mol. The normalized spacial score (nSPS) is 11.9. The SMILES string of the molecule is Cc1ccc(S(=O)(=O)c2ccc(Oc3ccc(-c4ccc(O)c(Br)c4)cc3P(=O)(O)O)cc2)cc1. The number of benzene rings is 4. The first-order valence-corrected chi connectivity index (χ1v) is 14.1. The Balaban J connectivity index is 1.65. The van der Waals surface area contributed by atoms with Crippen molar-refractivity contribution < 1.29 is 32.6 Å². The number of phenolic OH excluding ortho intramolecular Hbond substituents is 1. The highest BCUT2D eigenvalue weighted by Gasteiger charge is 2.24. The van der Waals surface area contributed by atoms with Gasteiger partial charge < -0.3 is 19.6 Å². The lowest BCUT2D eigenvalue weighted by molar-refractivity contribution is 0.385. The van der Waals surface area contributed by atoms with Gasteiger partial charge in [-0.1, -0.05) is 29.8 Å². The number of sulfone groups is 1. The van der Waals surface area contributed by atoms with Gasteiger partial charge in [-0.05, 0) is 94.6 Å². The fraction of sp³-hybridized carbons (Fsp3) is 0.0400. The molecule has 4 aromatic rings. The van der Waals surface area contributed by atoms with E-state index in [0.717, 1.165) is 5.56 Å². The van der Waals surface area contributed by atoms with E-state index in [1.54, 1.807) is 30.3 Å². The van der Waals surface area contributed by atoms with Gasteiger partial charge in [-0.25, -0.2) is 8.42 Å². The summed E-state index contributed by atoms with van der Waals surface area (Å²) in [5.41, 5.74) is 2.08. The number of ether oxygens (including phenoxy) is 1.